The van der Waals surface area contributed by atoms with Gasteiger partial charge in [-0.25, -0.2) is 4.57 Å². The number of hydrogen-bond acceptors (Lipinski definition) is 0. The molecule has 1 aromatic heterocycles. The van der Waals surface area contributed by atoms with Crippen molar-refractivity contribution in [2.24, 2.45) is 0 Å². The summed E-state index contributed by atoms with van der Waals surface area (Å²) in [4.78, 5) is 0. The Hall–Kier alpha value is -0.850. The maximum atomic E-state index is 2.29. The molecule has 0 spiro atoms. The second kappa shape index (κ2) is 6.58. The van der Waals surface area contributed by atoms with E-state index in [0.29, 0.717) is 0 Å². The van der Waals surface area contributed by atoms with Gasteiger partial charge in [0.25, 0.3) is 0 Å². The van der Waals surface area contributed by atoms with Gasteiger partial charge in [-0.05, 0) is 18.9 Å². The highest BCUT2D eigenvalue weighted by molar-refractivity contribution is 5.05. The van der Waals surface area contributed by atoms with Crippen LogP contribution in [0.1, 0.15) is 45.1 Å². The molecule has 14 heavy (non-hydrogen) atoms. The van der Waals surface area contributed by atoms with Gasteiger partial charge in [-0.1, -0.05) is 26.7 Å². The molecule has 0 unspecified atom stereocenters. The van der Waals surface area contributed by atoms with Crippen molar-refractivity contribution in [1.82, 2.24) is 0 Å². The number of hydrogen-bond donors (Lipinski definition) is 0. The van der Waals surface area contributed by atoms with Crippen molar-refractivity contribution >= 4 is 0 Å². The van der Waals surface area contributed by atoms with Gasteiger partial charge < -0.3 is 0 Å². The van der Waals surface area contributed by atoms with Crippen LogP contribution in [0.4, 0.5) is 0 Å². The van der Waals surface area contributed by atoms with Gasteiger partial charge in [0, 0.05) is 18.1 Å². The third-order valence-corrected chi connectivity index (χ3v) is 2.47. The Morgan fingerprint density at radius 2 is 2.00 bits per heavy atom. The minimum atomic E-state index is 1.14. The molecule has 0 saturated heterocycles. The van der Waals surface area contributed by atoms with E-state index in [1.54, 1.807) is 0 Å². The van der Waals surface area contributed by atoms with Gasteiger partial charge in [0.15, 0.2) is 12.4 Å². The minimum absolute atomic E-state index is 1.14. The predicted octanol–water partition coefficient (Wildman–Crippen LogP) is 3.12. The largest absolute Gasteiger partial charge is 0.205 e. The lowest BCUT2D eigenvalue weighted by Crippen LogP contribution is -2.32. The van der Waals surface area contributed by atoms with Crippen molar-refractivity contribution in [3.05, 3.63) is 30.1 Å². The molecule has 1 rings (SSSR count). The first kappa shape index (κ1) is 11.2. The van der Waals surface area contributed by atoms with Gasteiger partial charge in [0.05, 0.1) is 0 Å². The first-order chi connectivity index (χ1) is 6.86. The summed E-state index contributed by atoms with van der Waals surface area (Å²) >= 11 is 0. The van der Waals surface area contributed by atoms with Crippen LogP contribution in [0.3, 0.4) is 0 Å². The molecule has 0 bridgehead atoms. The van der Waals surface area contributed by atoms with Gasteiger partial charge in [0.2, 0.25) is 0 Å². The fourth-order valence-electron chi connectivity index (χ4n) is 1.70. The van der Waals surface area contributed by atoms with E-state index in [0.717, 1.165) is 6.54 Å². The van der Waals surface area contributed by atoms with E-state index in [-0.39, 0.29) is 0 Å². The van der Waals surface area contributed by atoms with Crippen LogP contribution in [0.25, 0.3) is 0 Å². The summed E-state index contributed by atoms with van der Waals surface area (Å²) in [6.45, 7) is 5.61. The van der Waals surface area contributed by atoms with E-state index in [2.05, 4.69) is 42.9 Å². The lowest BCUT2D eigenvalue weighted by atomic mass is 10.1. The van der Waals surface area contributed by atoms with Crippen LogP contribution in [0.2, 0.25) is 0 Å². The SMILES string of the molecule is CCCCCc1ccc[n+](CCC)c1. The molecule has 1 heteroatoms. The van der Waals surface area contributed by atoms with Crippen LogP contribution in [0, 0.1) is 0 Å². The number of aromatic nitrogens is 1. The summed E-state index contributed by atoms with van der Waals surface area (Å²) in [5, 5.41) is 0. The van der Waals surface area contributed by atoms with Crippen molar-refractivity contribution in [3.8, 4) is 0 Å². The maximum absolute atomic E-state index is 2.29. The molecule has 0 radical (unpaired) electrons. The van der Waals surface area contributed by atoms with Crippen molar-refractivity contribution < 1.29 is 4.57 Å². The second-order valence-electron chi connectivity index (χ2n) is 3.91. The smallest absolute Gasteiger partial charge is 0.171 e. The lowest BCUT2D eigenvalue weighted by Gasteiger charge is -1.99. The monoisotopic (exact) mass is 192 g/mol. The van der Waals surface area contributed by atoms with Crippen LogP contribution in [-0.4, -0.2) is 0 Å². The molecule has 1 nitrogen and oxygen atoms in total. The van der Waals surface area contributed by atoms with Crippen molar-refractivity contribution in [3.63, 3.8) is 0 Å². The van der Waals surface area contributed by atoms with Gasteiger partial charge in [-0.3, -0.25) is 0 Å². The van der Waals surface area contributed by atoms with E-state index in [1.807, 2.05) is 0 Å². The lowest BCUT2D eigenvalue weighted by molar-refractivity contribution is -0.697. The Morgan fingerprint density at radius 1 is 1.14 bits per heavy atom. The molecule has 0 atom stereocenters. The highest BCUT2D eigenvalue weighted by Crippen LogP contribution is 2.03. The normalized spacial score (nSPS) is 10.4. The summed E-state index contributed by atoms with van der Waals surface area (Å²) in [5.74, 6) is 0. The zero-order valence-electron chi connectivity index (χ0n) is 9.50. The molecule has 0 aromatic carbocycles. The zero-order chi connectivity index (χ0) is 10.2. The molecule has 0 fully saturated rings. The van der Waals surface area contributed by atoms with E-state index >= 15 is 0 Å². The Labute approximate surface area is 87.8 Å². The number of pyridine rings is 1. The van der Waals surface area contributed by atoms with Gasteiger partial charge in [0.1, 0.15) is 6.54 Å². The van der Waals surface area contributed by atoms with Crippen LogP contribution < -0.4 is 4.57 Å². The number of rotatable bonds is 6. The molecule has 0 amide bonds. The third-order valence-electron chi connectivity index (χ3n) is 2.47. The summed E-state index contributed by atoms with van der Waals surface area (Å²) in [7, 11) is 0. The highest BCUT2D eigenvalue weighted by Gasteiger charge is 2.00. The average Bonchev–Trinajstić information content (AvgIpc) is 2.19. The Morgan fingerprint density at radius 3 is 2.71 bits per heavy atom. The topological polar surface area (TPSA) is 3.88 Å². The molecule has 78 valence electrons. The quantitative estimate of drug-likeness (QED) is 0.481. The van der Waals surface area contributed by atoms with Crippen molar-refractivity contribution in [2.45, 2.75) is 52.5 Å². The molecule has 0 aliphatic carbocycles. The number of aryl methyl sites for hydroxylation is 2. The molecule has 1 aromatic rings. The maximum Gasteiger partial charge on any atom is 0.171 e. The number of nitrogens with zero attached hydrogens (tertiary/aromatic N) is 1. The number of unbranched alkanes of at least 4 members (excludes halogenated alkanes) is 2. The molecular formula is C13H22N+. The highest BCUT2D eigenvalue weighted by atomic mass is 14.9. The Kier molecular flexibility index (Phi) is 5.28. The zero-order valence-corrected chi connectivity index (χ0v) is 9.50. The van der Waals surface area contributed by atoms with Crippen LogP contribution >= 0.6 is 0 Å². The van der Waals surface area contributed by atoms with E-state index < -0.39 is 0 Å². The average molecular weight is 192 g/mol. The second-order valence-corrected chi connectivity index (χ2v) is 3.91. The van der Waals surface area contributed by atoms with Crippen LogP contribution in [-0.2, 0) is 13.0 Å². The Balaban J connectivity index is 2.46. The summed E-state index contributed by atoms with van der Waals surface area (Å²) < 4.78 is 2.29. The third kappa shape index (κ3) is 3.91. The molecule has 0 saturated carbocycles. The van der Waals surface area contributed by atoms with E-state index in [4.69, 9.17) is 0 Å². The molecule has 1 heterocycles. The summed E-state index contributed by atoms with van der Waals surface area (Å²) in [5.41, 5.74) is 1.48. The van der Waals surface area contributed by atoms with Gasteiger partial charge in [-0.2, -0.15) is 0 Å². The molecule has 0 N–H and O–H groups in total. The van der Waals surface area contributed by atoms with Crippen molar-refractivity contribution in [1.29, 1.82) is 0 Å². The summed E-state index contributed by atoms with van der Waals surface area (Å²) in [6.07, 6.45) is 10.9. The fourth-order valence-corrected chi connectivity index (χ4v) is 1.70. The predicted molar refractivity (Wildman–Crippen MR) is 60.2 cm³/mol. The fraction of sp³-hybridized carbons (Fsp3) is 0.615. The van der Waals surface area contributed by atoms with Gasteiger partial charge >= 0.3 is 0 Å². The van der Waals surface area contributed by atoms with Crippen molar-refractivity contribution in [2.75, 3.05) is 0 Å². The first-order valence-corrected chi connectivity index (χ1v) is 5.84. The van der Waals surface area contributed by atoms with Gasteiger partial charge in [-0.15, -0.1) is 0 Å². The van der Waals surface area contributed by atoms with E-state index in [1.165, 1.54) is 37.7 Å². The van der Waals surface area contributed by atoms with E-state index in [9.17, 15) is 0 Å². The first-order valence-electron chi connectivity index (χ1n) is 5.84. The minimum Gasteiger partial charge on any atom is -0.205 e. The molecule has 0 aliphatic heterocycles. The standard InChI is InChI=1S/C13H22N/c1-3-5-6-8-13-9-7-11-14(12-13)10-4-2/h7,9,11-12H,3-6,8,10H2,1-2H3/q+1. The Bertz CT molecular complexity index is 255. The molecule has 0 aliphatic rings. The van der Waals surface area contributed by atoms with Crippen LogP contribution in [0.5, 0.6) is 0 Å². The van der Waals surface area contributed by atoms with Crippen LogP contribution in [0.15, 0.2) is 24.5 Å². The summed E-state index contributed by atoms with van der Waals surface area (Å²) in [6, 6.07) is 4.40. The molecular weight excluding hydrogens is 170 g/mol.